The molecule has 7 nitrogen and oxygen atoms in total. The van der Waals surface area contributed by atoms with Gasteiger partial charge in [0.2, 0.25) is 0 Å². The third-order valence-corrected chi connectivity index (χ3v) is 5.61. The van der Waals surface area contributed by atoms with Crippen molar-refractivity contribution in [3.8, 4) is 11.5 Å². The molecule has 8 heteroatoms. The fraction of sp³-hybridized carbons (Fsp3) is 0.391. The fourth-order valence-electron chi connectivity index (χ4n) is 3.41. The number of hydrogen-bond acceptors (Lipinski definition) is 6. The zero-order valence-electron chi connectivity index (χ0n) is 17.8. The van der Waals surface area contributed by atoms with Gasteiger partial charge in [0.1, 0.15) is 18.1 Å². The molecule has 2 aromatic carbocycles. The molecule has 31 heavy (non-hydrogen) atoms. The van der Waals surface area contributed by atoms with Crippen molar-refractivity contribution >= 4 is 21.7 Å². The first-order valence-corrected chi connectivity index (χ1v) is 11.5. The lowest BCUT2D eigenvalue weighted by molar-refractivity contribution is 0.101. The molecule has 0 aliphatic rings. The van der Waals surface area contributed by atoms with Crippen LogP contribution in [0.5, 0.6) is 11.5 Å². The first kappa shape index (κ1) is 22.9. The van der Waals surface area contributed by atoms with Gasteiger partial charge in [-0.1, -0.05) is 47.5 Å². The first-order chi connectivity index (χ1) is 15.0. The SMILES string of the molecule is CCCc1c(COc2ccc(Cc3nnnn3CCCBr)cc2)ccc(C(C)=O)c1O. The van der Waals surface area contributed by atoms with Crippen LogP contribution in [0.15, 0.2) is 36.4 Å². The number of ketones is 1. The van der Waals surface area contributed by atoms with E-state index in [4.69, 9.17) is 4.74 Å². The number of phenols is 1. The van der Waals surface area contributed by atoms with Gasteiger partial charge in [-0.25, -0.2) is 4.68 Å². The third-order valence-electron chi connectivity index (χ3n) is 5.05. The van der Waals surface area contributed by atoms with E-state index in [0.29, 0.717) is 25.0 Å². The summed E-state index contributed by atoms with van der Waals surface area (Å²) in [5.41, 5.74) is 3.12. The zero-order valence-corrected chi connectivity index (χ0v) is 19.4. The summed E-state index contributed by atoms with van der Waals surface area (Å²) >= 11 is 3.43. The molecule has 1 N–H and O–H groups in total. The summed E-state index contributed by atoms with van der Waals surface area (Å²) in [5, 5.41) is 23.4. The Morgan fingerprint density at radius 1 is 1.19 bits per heavy atom. The van der Waals surface area contributed by atoms with E-state index < -0.39 is 0 Å². The van der Waals surface area contributed by atoms with Crippen LogP contribution in [-0.2, 0) is 26.0 Å². The maximum Gasteiger partial charge on any atom is 0.163 e. The van der Waals surface area contributed by atoms with E-state index in [1.54, 1.807) is 6.07 Å². The lowest BCUT2D eigenvalue weighted by atomic mass is 9.97. The highest BCUT2D eigenvalue weighted by Crippen LogP contribution is 2.29. The normalized spacial score (nSPS) is 10.9. The molecule has 3 rings (SSSR count). The minimum absolute atomic E-state index is 0.0726. The van der Waals surface area contributed by atoms with Crippen LogP contribution < -0.4 is 4.74 Å². The number of carbonyl (C=O) groups is 1. The van der Waals surface area contributed by atoms with Crippen LogP contribution >= 0.6 is 15.9 Å². The summed E-state index contributed by atoms with van der Waals surface area (Å²) in [5.74, 6) is 1.50. The van der Waals surface area contributed by atoms with Crippen molar-refractivity contribution in [1.82, 2.24) is 20.2 Å². The van der Waals surface area contributed by atoms with Gasteiger partial charge in [-0.3, -0.25) is 4.79 Å². The second-order valence-corrected chi connectivity index (χ2v) is 8.17. The molecule has 0 spiro atoms. The minimum Gasteiger partial charge on any atom is -0.507 e. The molecule has 3 aromatic rings. The van der Waals surface area contributed by atoms with E-state index in [1.165, 1.54) is 6.92 Å². The molecule has 0 saturated heterocycles. The van der Waals surface area contributed by atoms with Gasteiger partial charge in [-0.2, -0.15) is 0 Å². The highest BCUT2D eigenvalue weighted by Gasteiger charge is 2.15. The smallest absolute Gasteiger partial charge is 0.163 e. The molecule has 0 fully saturated rings. The maximum absolute atomic E-state index is 11.7. The summed E-state index contributed by atoms with van der Waals surface area (Å²) in [6, 6.07) is 11.4. The van der Waals surface area contributed by atoms with Crippen molar-refractivity contribution in [2.45, 2.75) is 52.7 Å². The summed E-state index contributed by atoms with van der Waals surface area (Å²) in [7, 11) is 0. The molecule has 0 radical (unpaired) electrons. The van der Waals surface area contributed by atoms with E-state index in [0.717, 1.165) is 53.0 Å². The number of tetrazole rings is 1. The summed E-state index contributed by atoms with van der Waals surface area (Å²) in [4.78, 5) is 11.7. The zero-order chi connectivity index (χ0) is 22.2. The standard InChI is InChI=1S/C23H27BrN4O3/c1-3-5-21-18(8-11-20(16(2)29)23(21)30)15-31-19-9-6-17(7-10-19)14-22-25-26-27-28(22)13-4-12-24/h6-11,30H,3-5,12-15H2,1-2H3. The fourth-order valence-corrected chi connectivity index (χ4v) is 3.66. The molecule has 0 atom stereocenters. The minimum atomic E-state index is -0.142. The van der Waals surface area contributed by atoms with Gasteiger partial charge < -0.3 is 9.84 Å². The largest absolute Gasteiger partial charge is 0.507 e. The Balaban J connectivity index is 1.66. The number of ether oxygens (including phenoxy) is 1. The van der Waals surface area contributed by atoms with Crippen LogP contribution in [0.3, 0.4) is 0 Å². The number of aryl methyl sites for hydroxylation is 1. The highest BCUT2D eigenvalue weighted by atomic mass is 79.9. The van der Waals surface area contributed by atoms with Crippen molar-refractivity contribution < 1.29 is 14.6 Å². The molecule has 1 aromatic heterocycles. The van der Waals surface area contributed by atoms with Crippen LogP contribution in [0.2, 0.25) is 0 Å². The monoisotopic (exact) mass is 486 g/mol. The van der Waals surface area contributed by atoms with E-state index in [-0.39, 0.29) is 11.5 Å². The molecule has 0 bridgehead atoms. The Kier molecular flexibility index (Phi) is 8.17. The average Bonchev–Trinajstić information content (AvgIpc) is 3.20. The van der Waals surface area contributed by atoms with Crippen molar-refractivity contribution in [3.63, 3.8) is 0 Å². The summed E-state index contributed by atoms with van der Waals surface area (Å²) in [6.07, 6.45) is 3.17. The lowest BCUT2D eigenvalue weighted by Crippen LogP contribution is -2.07. The quantitative estimate of drug-likeness (QED) is 0.317. The van der Waals surface area contributed by atoms with Gasteiger partial charge in [0.25, 0.3) is 0 Å². The number of aromatic hydroxyl groups is 1. The molecular weight excluding hydrogens is 460 g/mol. The van der Waals surface area contributed by atoms with E-state index in [2.05, 4.69) is 31.5 Å². The highest BCUT2D eigenvalue weighted by molar-refractivity contribution is 9.09. The Hall–Kier alpha value is -2.74. The predicted molar refractivity (Wildman–Crippen MR) is 122 cm³/mol. The number of rotatable bonds is 11. The number of alkyl halides is 1. The van der Waals surface area contributed by atoms with Crippen molar-refractivity contribution in [1.29, 1.82) is 0 Å². The van der Waals surface area contributed by atoms with E-state index >= 15 is 0 Å². The van der Waals surface area contributed by atoms with Crippen LogP contribution in [0.1, 0.15) is 59.6 Å². The number of benzene rings is 2. The van der Waals surface area contributed by atoms with Gasteiger partial charge >= 0.3 is 0 Å². The van der Waals surface area contributed by atoms with Gasteiger partial charge in [0.05, 0.1) is 5.56 Å². The number of Topliss-reactive ketones (excluding diaryl/α,β-unsaturated/α-hetero) is 1. The molecule has 0 aliphatic carbocycles. The number of carbonyl (C=O) groups excluding carboxylic acids is 1. The van der Waals surface area contributed by atoms with Crippen LogP contribution in [0.25, 0.3) is 0 Å². The summed E-state index contributed by atoms with van der Waals surface area (Å²) < 4.78 is 7.79. The van der Waals surface area contributed by atoms with Crippen LogP contribution in [0.4, 0.5) is 0 Å². The number of aromatic nitrogens is 4. The second kappa shape index (κ2) is 11.0. The van der Waals surface area contributed by atoms with Gasteiger partial charge in [-0.05, 0) is 59.5 Å². The number of nitrogens with zero attached hydrogens (tertiary/aromatic N) is 4. The van der Waals surface area contributed by atoms with E-state index in [9.17, 15) is 9.90 Å². The molecule has 0 unspecified atom stereocenters. The number of hydrogen-bond donors (Lipinski definition) is 1. The molecule has 0 saturated carbocycles. The predicted octanol–water partition coefficient (Wildman–Crippen LogP) is 4.49. The van der Waals surface area contributed by atoms with Crippen molar-refractivity contribution in [2.75, 3.05) is 5.33 Å². The molecule has 0 aliphatic heterocycles. The van der Waals surface area contributed by atoms with Gasteiger partial charge in [-0.15, -0.1) is 5.10 Å². The molecule has 1 heterocycles. The van der Waals surface area contributed by atoms with Crippen LogP contribution in [-0.4, -0.2) is 36.4 Å². The second-order valence-electron chi connectivity index (χ2n) is 7.38. The third kappa shape index (κ3) is 5.91. The van der Waals surface area contributed by atoms with Crippen LogP contribution in [0, 0.1) is 0 Å². The Morgan fingerprint density at radius 2 is 1.97 bits per heavy atom. The maximum atomic E-state index is 11.7. The van der Waals surface area contributed by atoms with E-state index in [1.807, 2.05) is 41.9 Å². The van der Waals surface area contributed by atoms with Gasteiger partial charge in [0.15, 0.2) is 11.6 Å². The Morgan fingerprint density at radius 3 is 2.65 bits per heavy atom. The first-order valence-electron chi connectivity index (χ1n) is 10.4. The molecule has 0 amide bonds. The molecule has 164 valence electrons. The Labute approximate surface area is 190 Å². The lowest BCUT2D eigenvalue weighted by Gasteiger charge is -2.14. The van der Waals surface area contributed by atoms with Gasteiger partial charge in [0, 0.05) is 23.9 Å². The summed E-state index contributed by atoms with van der Waals surface area (Å²) in [6.45, 7) is 4.61. The average molecular weight is 487 g/mol. The van der Waals surface area contributed by atoms with Crippen molar-refractivity contribution in [3.05, 3.63) is 64.5 Å². The topological polar surface area (TPSA) is 90.1 Å². The van der Waals surface area contributed by atoms with Crippen molar-refractivity contribution in [2.24, 2.45) is 0 Å². The Bertz CT molecular complexity index is 1020. The number of phenolic OH excluding ortho intramolecular Hbond substituents is 1. The number of halogens is 1. The molecular formula is C23H27BrN4O3.